The molecule has 1 aromatic rings. The number of hydrogen-bond donors (Lipinski definition) is 0. The molecule has 0 unspecified atom stereocenters. The van der Waals surface area contributed by atoms with Gasteiger partial charge in [-0.2, -0.15) is 0 Å². The average Bonchev–Trinajstić information content (AvgIpc) is 2.15. The second-order valence-electron chi connectivity index (χ2n) is 3.39. The van der Waals surface area contributed by atoms with Crippen molar-refractivity contribution in [1.82, 2.24) is 0 Å². The number of thioether (sulfide) groups is 1. The molecule has 0 atom stereocenters. The smallest absolute Gasteiger partial charge is 0.147 e. The van der Waals surface area contributed by atoms with Crippen molar-refractivity contribution in [3.63, 3.8) is 0 Å². The topological polar surface area (TPSA) is 17.1 Å². The largest absolute Gasteiger partial charge is 0.298 e. The number of Topliss-reactive ketones (excluding diaryl/α,β-unsaturated/α-hetero) is 1. The monoisotopic (exact) mass is 284 g/mol. The zero-order valence-corrected chi connectivity index (χ0v) is 11.0. The van der Waals surface area contributed by atoms with E-state index in [1.165, 1.54) is 0 Å². The lowest BCUT2D eigenvalue weighted by atomic mass is 10.2. The average molecular weight is 285 g/mol. The number of carbonyl (C=O) groups excluding carboxylic acids is 1. The zero-order valence-electron chi connectivity index (χ0n) is 8.63. The van der Waals surface area contributed by atoms with E-state index in [9.17, 15) is 4.79 Å². The van der Waals surface area contributed by atoms with Gasteiger partial charge in [-0.3, -0.25) is 4.79 Å². The Morgan fingerprint density at radius 3 is 2.73 bits per heavy atom. The highest BCUT2D eigenvalue weighted by molar-refractivity contribution is 9.10. The van der Waals surface area contributed by atoms with Crippen LogP contribution in [0.2, 0.25) is 0 Å². The van der Waals surface area contributed by atoms with Crippen molar-refractivity contribution in [3.05, 3.63) is 40.9 Å². The molecule has 0 fully saturated rings. The lowest BCUT2D eigenvalue weighted by Gasteiger charge is -2.03. The molecule has 0 N–H and O–H groups in total. The van der Waals surface area contributed by atoms with Gasteiger partial charge in [-0.05, 0) is 35.0 Å². The summed E-state index contributed by atoms with van der Waals surface area (Å²) in [5.41, 5.74) is 0.924. The minimum Gasteiger partial charge on any atom is -0.298 e. The van der Waals surface area contributed by atoms with E-state index in [4.69, 9.17) is 0 Å². The van der Waals surface area contributed by atoms with Crippen LogP contribution < -0.4 is 0 Å². The second kappa shape index (κ2) is 6.13. The highest BCUT2D eigenvalue weighted by atomic mass is 79.9. The molecule has 0 aromatic heterocycles. The number of allylic oxidation sites excluding steroid dienone is 1. The number of halogens is 1. The maximum Gasteiger partial charge on any atom is 0.147 e. The predicted octanol–water partition coefficient (Wildman–Crippen LogP) is 4.08. The van der Waals surface area contributed by atoms with E-state index in [2.05, 4.69) is 22.5 Å². The molecule has 0 radical (unpaired) electrons. The van der Waals surface area contributed by atoms with Crippen LogP contribution in [0.15, 0.2) is 45.8 Å². The van der Waals surface area contributed by atoms with Gasteiger partial charge in [0.25, 0.3) is 0 Å². The Hall–Kier alpha value is -0.540. The number of rotatable bonds is 5. The molecule has 0 heterocycles. The fourth-order valence-corrected chi connectivity index (χ4v) is 2.54. The first-order valence-corrected chi connectivity index (χ1v) is 6.41. The van der Waals surface area contributed by atoms with Crippen LogP contribution in [0.25, 0.3) is 0 Å². The quantitative estimate of drug-likeness (QED) is 0.599. The van der Waals surface area contributed by atoms with Gasteiger partial charge in [-0.15, -0.1) is 11.8 Å². The van der Waals surface area contributed by atoms with Crippen molar-refractivity contribution < 1.29 is 4.79 Å². The molecular weight excluding hydrogens is 272 g/mol. The fraction of sp³-hybridized carbons (Fsp3) is 0.250. The van der Waals surface area contributed by atoms with Gasteiger partial charge in [-0.1, -0.05) is 24.3 Å². The van der Waals surface area contributed by atoms with E-state index in [0.29, 0.717) is 12.2 Å². The molecule has 0 aliphatic heterocycles. The number of hydrogen-bond acceptors (Lipinski definition) is 2. The Bertz CT molecular complexity index is 374. The van der Waals surface area contributed by atoms with Crippen molar-refractivity contribution in [3.8, 4) is 0 Å². The molecule has 15 heavy (non-hydrogen) atoms. The zero-order chi connectivity index (χ0) is 11.3. The SMILES string of the molecule is C=C(C)CC(=O)CSc1ccccc1Br. The molecule has 80 valence electrons. The summed E-state index contributed by atoms with van der Waals surface area (Å²) in [4.78, 5) is 12.5. The van der Waals surface area contributed by atoms with E-state index in [1.807, 2.05) is 31.2 Å². The van der Waals surface area contributed by atoms with E-state index in [-0.39, 0.29) is 5.78 Å². The van der Waals surface area contributed by atoms with Crippen molar-refractivity contribution in [2.75, 3.05) is 5.75 Å². The molecule has 0 amide bonds. The van der Waals surface area contributed by atoms with Gasteiger partial charge < -0.3 is 0 Å². The van der Waals surface area contributed by atoms with Gasteiger partial charge in [0.1, 0.15) is 5.78 Å². The standard InChI is InChI=1S/C12H13BrOS/c1-9(2)7-10(14)8-15-12-6-4-3-5-11(12)13/h3-6H,1,7-8H2,2H3. The van der Waals surface area contributed by atoms with Gasteiger partial charge in [0.2, 0.25) is 0 Å². The Morgan fingerprint density at radius 2 is 2.13 bits per heavy atom. The molecule has 1 rings (SSSR count). The van der Waals surface area contributed by atoms with E-state index in [0.717, 1.165) is 14.9 Å². The minimum absolute atomic E-state index is 0.225. The molecule has 0 saturated heterocycles. The van der Waals surface area contributed by atoms with Crippen LogP contribution in [0, 0.1) is 0 Å². The third kappa shape index (κ3) is 4.67. The van der Waals surface area contributed by atoms with Crippen molar-refractivity contribution in [2.45, 2.75) is 18.2 Å². The number of ketones is 1. The third-order valence-corrected chi connectivity index (χ3v) is 3.81. The summed E-state index contributed by atoms with van der Waals surface area (Å²) in [6.07, 6.45) is 0.484. The Labute approximate surface area is 103 Å². The first-order valence-electron chi connectivity index (χ1n) is 4.63. The summed E-state index contributed by atoms with van der Waals surface area (Å²) < 4.78 is 1.04. The predicted molar refractivity (Wildman–Crippen MR) is 69.3 cm³/mol. The first kappa shape index (κ1) is 12.5. The van der Waals surface area contributed by atoms with Crippen LogP contribution in [0.3, 0.4) is 0 Å². The van der Waals surface area contributed by atoms with Gasteiger partial charge >= 0.3 is 0 Å². The van der Waals surface area contributed by atoms with Gasteiger partial charge in [0, 0.05) is 15.8 Å². The molecule has 1 aromatic carbocycles. The number of benzene rings is 1. The van der Waals surface area contributed by atoms with E-state index in [1.54, 1.807) is 11.8 Å². The van der Waals surface area contributed by atoms with Crippen LogP contribution in [0.1, 0.15) is 13.3 Å². The normalized spacial score (nSPS) is 10.0. The minimum atomic E-state index is 0.225. The molecule has 0 bridgehead atoms. The Kier molecular flexibility index (Phi) is 5.12. The van der Waals surface area contributed by atoms with Crippen LogP contribution in [0.4, 0.5) is 0 Å². The molecule has 0 aliphatic rings. The highest BCUT2D eigenvalue weighted by Crippen LogP contribution is 2.27. The molecule has 0 aliphatic carbocycles. The van der Waals surface area contributed by atoms with Crippen LogP contribution >= 0.6 is 27.7 Å². The molecular formula is C12H13BrOS. The first-order chi connectivity index (χ1) is 7.09. The summed E-state index contributed by atoms with van der Waals surface area (Å²) in [5, 5.41) is 0. The molecule has 0 saturated carbocycles. The van der Waals surface area contributed by atoms with Crippen LogP contribution in [-0.2, 0) is 4.79 Å². The highest BCUT2D eigenvalue weighted by Gasteiger charge is 2.05. The summed E-state index contributed by atoms with van der Waals surface area (Å²) in [7, 11) is 0. The van der Waals surface area contributed by atoms with Gasteiger partial charge in [-0.25, -0.2) is 0 Å². The van der Waals surface area contributed by atoms with Crippen LogP contribution in [-0.4, -0.2) is 11.5 Å². The maximum absolute atomic E-state index is 11.4. The van der Waals surface area contributed by atoms with Gasteiger partial charge in [0.15, 0.2) is 0 Å². The summed E-state index contributed by atoms with van der Waals surface area (Å²) in [6.45, 7) is 5.60. The third-order valence-electron chi connectivity index (χ3n) is 1.72. The molecule has 0 spiro atoms. The summed E-state index contributed by atoms with van der Waals surface area (Å²) in [5.74, 6) is 0.735. The second-order valence-corrected chi connectivity index (χ2v) is 5.26. The maximum atomic E-state index is 11.4. The van der Waals surface area contributed by atoms with Crippen LogP contribution in [0.5, 0.6) is 0 Å². The summed E-state index contributed by atoms with van der Waals surface area (Å²) >= 11 is 5.01. The lowest BCUT2D eigenvalue weighted by Crippen LogP contribution is -2.01. The fourth-order valence-electron chi connectivity index (χ4n) is 1.11. The Morgan fingerprint density at radius 1 is 1.47 bits per heavy atom. The van der Waals surface area contributed by atoms with Gasteiger partial charge in [0.05, 0.1) is 5.75 Å². The van der Waals surface area contributed by atoms with Crippen molar-refractivity contribution in [1.29, 1.82) is 0 Å². The summed E-state index contributed by atoms with van der Waals surface area (Å²) in [6, 6.07) is 7.91. The van der Waals surface area contributed by atoms with E-state index >= 15 is 0 Å². The Balaban J connectivity index is 2.47. The molecule has 1 nitrogen and oxygen atoms in total. The van der Waals surface area contributed by atoms with E-state index < -0.39 is 0 Å². The molecule has 3 heteroatoms. The lowest BCUT2D eigenvalue weighted by molar-refractivity contribution is -0.115. The number of carbonyl (C=O) groups is 1. The van der Waals surface area contributed by atoms with Crippen molar-refractivity contribution >= 4 is 33.5 Å². The van der Waals surface area contributed by atoms with Crippen molar-refractivity contribution in [2.24, 2.45) is 0 Å².